The van der Waals surface area contributed by atoms with Gasteiger partial charge in [0.2, 0.25) is 0 Å². The Hall–Kier alpha value is -1.40. The van der Waals surface area contributed by atoms with Gasteiger partial charge in [0.05, 0.1) is 18.2 Å². The summed E-state index contributed by atoms with van der Waals surface area (Å²) >= 11 is 1.79. The second-order valence-electron chi connectivity index (χ2n) is 10.8. The number of fused-ring (bicyclic) bond motifs is 3. The van der Waals surface area contributed by atoms with Gasteiger partial charge in [0.1, 0.15) is 0 Å². The Morgan fingerprint density at radius 2 is 1.90 bits per heavy atom. The third-order valence-electron chi connectivity index (χ3n) is 7.47. The van der Waals surface area contributed by atoms with Crippen LogP contribution in [0.3, 0.4) is 0 Å². The Bertz CT molecular complexity index is 883. The van der Waals surface area contributed by atoms with Crippen molar-refractivity contribution >= 4 is 17.0 Å². The number of anilines is 1. The van der Waals surface area contributed by atoms with Crippen LogP contribution in [0.1, 0.15) is 62.4 Å². The summed E-state index contributed by atoms with van der Waals surface area (Å²) in [5.74, 6) is 0.487. The van der Waals surface area contributed by atoms with Crippen molar-refractivity contribution in [2.75, 3.05) is 45.1 Å². The topological polar surface area (TPSA) is 27.7 Å². The molecule has 3 aliphatic heterocycles. The van der Waals surface area contributed by atoms with Crippen LogP contribution in [-0.4, -0.2) is 55.7 Å². The smallest absolute Gasteiger partial charge is 0.0900 e. The predicted molar refractivity (Wildman–Crippen MR) is 130 cm³/mol. The summed E-state index contributed by atoms with van der Waals surface area (Å²) in [4.78, 5) is 5.03. The molecule has 31 heavy (non-hydrogen) atoms. The van der Waals surface area contributed by atoms with Crippen LogP contribution in [0.2, 0.25) is 0 Å². The van der Waals surface area contributed by atoms with Crippen molar-refractivity contribution in [2.45, 2.75) is 57.3 Å². The number of hydrogen-bond acceptors (Lipinski definition) is 5. The molecule has 168 valence electrons. The molecule has 1 N–H and O–H groups in total. The van der Waals surface area contributed by atoms with Gasteiger partial charge in [-0.05, 0) is 59.3 Å². The molecule has 4 heterocycles. The first-order valence-corrected chi connectivity index (χ1v) is 12.8. The number of thiophene rings is 1. The zero-order valence-electron chi connectivity index (χ0n) is 19.4. The maximum absolute atomic E-state index is 6.95. The van der Waals surface area contributed by atoms with E-state index < -0.39 is 0 Å². The molecule has 1 aromatic carbocycles. The van der Waals surface area contributed by atoms with Crippen molar-refractivity contribution in [1.82, 2.24) is 9.80 Å². The van der Waals surface area contributed by atoms with Gasteiger partial charge in [0, 0.05) is 49.9 Å². The van der Waals surface area contributed by atoms with Crippen LogP contribution in [0.5, 0.6) is 0 Å². The minimum Gasteiger partial charge on any atom is -0.378 e. The molecule has 2 aromatic rings. The normalized spacial score (nSPS) is 29.8. The molecule has 0 radical (unpaired) electrons. The van der Waals surface area contributed by atoms with E-state index in [1.807, 2.05) is 0 Å². The van der Waals surface area contributed by atoms with Crippen LogP contribution in [0.25, 0.3) is 0 Å². The van der Waals surface area contributed by atoms with E-state index in [9.17, 15) is 0 Å². The van der Waals surface area contributed by atoms with E-state index >= 15 is 0 Å². The van der Waals surface area contributed by atoms with E-state index in [2.05, 4.69) is 78.0 Å². The first-order valence-electron chi connectivity index (χ1n) is 11.9. The molecule has 4 unspecified atom stereocenters. The van der Waals surface area contributed by atoms with Gasteiger partial charge in [-0.2, -0.15) is 11.3 Å². The number of ether oxygens (including phenoxy) is 1. The summed E-state index contributed by atoms with van der Waals surface area (Å²) in [5.41, 5.74) is 5.57. The molecule has 1 aromatic heterocycles. The largest absolute Gasteiger partial charge is 0.378 e. The third-order valence-corrected chi connectivity index (χ3v) is 8.17. The van der Waals surface area contributed by atoms with E-state index in [0.29, 0.717) is 18.1 Å². The van der Waals surface area contributed by atoms with Crippen molar-refractivity contribution in [3.05, 3.63) is 51.7 Å². The number of hydrogen-bond donors (Lipinski definition) is 1. The standard InChI is InChI=1S/C26H37N3OS/c1-26(2,3)19-5-8-23-22(15-19)25-21(24(27-23)18-9-14-31-17-18)7-6-20(30-25)16-29-12-10-28(4)11-13-29/h5,8-9,14-15,17,20-21,24-25,27H,6-7,10-13,16H2,1-4H3. The van der Waals surface area contributed by atoms with E-state index in [-0.39, 0.29) is 11.5 Å². The minimum absolute atomic E-state index is 0.141. The number of nitrogens with one attached hydrogen (secondary N) is 1. The average Bonchev–Trinajstić information content (AvgIpc) is 3.28. The zero-order chi connectivity index (χ0) is 21.6. The van der Waals surface area contributed by atoms with Gasteiger partial charge < -0.3 is 15.0 Å². The molecular weight excluding hydrogens is 402 g/mol. The Morgan fingerprint density at radius 1 is 1.10 bits per heavy atom. The van der Waals surface area contributed by atoms with Crippen LogP contribution >= 0.6 is 11.3 Å². The van der Waals surface area contributed by atoms with Crippen molar-refractivity contribution in [3.63, 3.8) is 0 Å². The number of benzene rings is 1. The van der Waals surface area contributed by atoms with Crippen molar-refractivity contribution in [1.29, 1.82) is 0 Å². The molecule has 3 aliphatic rings. The lowest BCUT2D eigenvalue weighted by molar-refractivity contribution is -0.105. The molecule has 0 bridgehead atoms. The molecule has 0 aliphatic carbocycles. The van der Waals surface area contributed by atoms with Crippen LogP contribution in [-0.2, 0) is 10.2 Å². The molecule has 2 fully saturated rings. The monoisotopic (exact) mass is 439 g/mol. The fourth-order valence-corrected chi connectivity index (χ4v) is 6.15. The summed E-state index contributed by atoms with van der Waals surface area (Å²) in [5, 5.41) is 8.39. The highest BCUT2D eigenvalue weighted by Gasteiger charge is 2.43. The van der Waals surface area contributed by atoms with Gasteiger partial charge in [-0.3, -0.25) is 4.90 Å². The summed E-state index contributed by atoms with van der Waals surface area (Å²) in [6, 6.07) is 9.63. The fraction of sp³-hybridized carbons (Fsp3) is 0.615. The number of nitrogens with zero attached hydrogens (tertiary/aromatic N) is 2. The van der Waals surface area contributed by atoms with Crippen molar-refractivity contribution < 1.29 is 4.74 Å². The molecule has 2 saturated heterocycles. The average molecular weight is 440 g/mol. The van der Waals surface area contributed by atoms with E-state index in [0.717, 1.165) is 26.1 Å². The van der Waals surface area contributed by atoms with Crippen LogP contribution in [0.15, 0.2) is 35.0 Å². The second-order valence-corrected chi connectivity index (χ2v) is 11.5. The molecule has 5 heteroatoms. The maximum Gasteiger partial charge on any atom is 0.0900 e. The van der Waals surface area contributed by atoms with Gasteiger partial charge in [0.15, 0.2) is 0 Å². The van der Waals surface area contributed by atoms with Crippen molar-refractivity contribution in [2.24, 2.45) is 5.92 Å². The van der Waals surface area contributed by atoms with Gasteiger partial charge in [0.25, 0.3) is 0 Å². The van der Waals surface area contributed by atoms with E-state index in [1.165, 1.54) is 41.9 Å². The van der Waals surface area contributed by atoms with E-state index in [1.54, 1.807) is 11.3 Å². The molecule has 0 spiro atoms. The number of rotatable bonds is 3. The summed E-state index contributed by atoms with van der Waals surface area (Å²) in [7, 11) is 2.22. The molecular formula is C26H37N3OS. The van der Waals surface area contributed by atoms with Crippen molar-refractivity contribution in [3.8, 4) is 0 Å². The van der Waals surface area contributed by atoms with Gasteiger partial charge in [-0.1, -0.05) is 32.9 Å². The molecule has 0 saturated carbocycles. The second kappa shape index (κ2) is 8.51. The Balaban J connectivity index is 1.42. The van der Waals surface area contributed by atoms with Gasteiger partial charge in [-0.15, -0.1) is 0 Å². The minimum atomic E-state index is 0.141. The Kier molecular flexibility index (Phi) is 5.89. The van der Waals surface area contributed by atoms with Crippen LogP contribution in [0, 0.1) is 5.92 Å². The highest BCUT2D eigenvalue weighted by Crippen LogP contribution is 2.51. The summed E-state index contributed by atoms with van der Waals surface area (Å²) in [6.07, 6.45) is 2.88. The lowest BCUT2D eigenvalue weighted by Crippen LogP contribution is -2.49. The summed E-state index contributed by atoms with van der Waals surface area (Å²) in [6.45, 7) is 12.6. The zero-order valence-corrected chi connectivity index (χ0v) is 20.3. The van der Waals surface area contributed by atoms with E-state index in [4.69, 9.17) is 4.74 Å². The van der Waals surface area contributed by atoms with Gasteiger partial charge >= 0.3 is 0 Å². The Labute approximate surface area is 191 Å². The molecule has 4 nitrogen and oxygen atoms in total. The fourth-order valence-electron chi connectivity index (χ4n) is 5.46. The first-order chi connectivity index (χ1) is 14.9. The predicted octanol–water partition coefficient (Wildman–Crippen LogP) is 5.30. The highest BCUT2D eigenvalue weighted by molar-refractivity contribution is 7.08. The lowest BCUT2D eigenvalue weighted by atomic mass is 9.75. The maximum atomic E-state index is 6.95. The molecule has 4 atom stereocenters. The van der Waals surface area contributed by atoms with Gasteiger partial charge in [-0.25, -0.2) is 0 Å². The Morgan fingerprint density at radius 3 is 2.61 bits per heavy atom. The number of likely N-dealkylation sites (N-methyl/N-ethyl adjacent to an activating group) is 1. The summed E-state index contributed by atoms with van der Waals surface area (Å²) < 4.78 is 6.95. The van der Waals surface area contributed by atoms with Crippen LogP contribution in [0.4, 0.5) is 5.69 Å². The highest BCUT2D eigenvalue weighted by atomic mass is 32.1. The third kappa shape index (κ3) is 4.43. The SMILES string of the molecule is CN1CCN(CC2CCC3C(c4ccsc4)Nc4ccc(C(C)(C)C)cc4C3O2)CC1. The van der Waals surface area contributed by atoms with Crippen LogP contribution < -0.4 is 5.32 Å². The molecule has 5 rings (SSSR count). The number of piperazine rings is 1. The molecule has 0 amide bonds. The lowest BCUT2D eigenvalue weighted by Gasteiger charge is -2.47. The quantitative estimate of drug-likeness (QED) is 0.703. The first kappa shape index (κ1) is 21.4.